The number of rotatable bonds is 9. The zero-order chi connectivity index (χ0) is 22.2. The van der Waals surface area contributed by atoms with Crippen LogP contribution in [-0.2, 0) is 20.9 Å². The Bertz CT molecular complexity index is 923. The van der Waals surface area contributed by atoms with Crippen LogP contribution in [-0.4, -0.2) is 31.3 Å². The molecule has 0 radical (unpaired) electrons. The first-order valence-corrected chi connectivity index (χ1v) is 10.3. The molecule has 1 atom stereocenters. The fraction of sp³-hybridized carbons (Fsp3) is 0.333. The van der Waals surface area contributed by atoms with Crippen LogP contribution in [0, 0.1) is 0 Å². The Kier molecular flexibility index (Phi) is 7.67. The molecule has 2 amide bonds. The van der Waals surface area contributed by atoms with E-state index in [2.05, 4.69) is 10.6 Å². The van der Waals surface area contributed by atoms with E-state index in [1.807, 2.05) is 68.4 Å². The topological polar surface area (TPSA) is 85.9 Å². The van der Waals surface area contributed by atoms with Crippen LogP contribution in [0.1, 0.15) is 37.9 Å². The predicted octanol–water partition coefficient (Wildman–Crippen LogP) is 3.86. The van der Waals surface area contributed by atoms with Crippen molar-refractivity contribution in [3.8, 4) is 5.75 Å². The Labute approximate surface area is 182 Å². The average molecular weight is 424 g/mol. The molecule has 0 saturated carbocycles. The number of amides is 2. The Morgan fingerprint density at radius 1 is 1.03 bits per heavy atom. The summed E-state index contributed by atoms with van der Waals surface area (Å²) >= 11 is 0. The SMILES string of the molecule is CC1=C(C(=O)OCCOC(C)C)C(c2ccc(OCc3ccccc3)cc2)NC(=O)N1. The second kappa shape index (κ2) is 10.6. The van der Waals surface area contributed by atoms with E-state index in [4.69, 9.17) is 14.2 Å². The molecule has 164 valence electrons. The molecule has 1 heterocycles. The van der Waals surface area contributed by atoms with Crippen molar-refractivity contribution in [1.82, 2.24) is 10.6 Å². The molecular weight excluding hydrogens is 396 g/mol. The lowest BCUT2D eigenvalue weighted by atomic mass is 9.95. The van der Waals surface area contributed by atoms with Crippen molar-refractivity contribution in [2.24, 2.45) is 0 Å². The van der Waals surface area contributed by atoms with Crippen LogP contribution in [0.5, 0.6) is 5.75 Å². The summed E-state index contributed by atoms with van der Waals surface area (Å²) < 4.78 is 16.6. The largest absolute Gasteiger partial charge is 0.489 e. The van der Waals surface area contributed by atoms with E-state index in [9.17, 15) is 9.59 Å². The zero-order valence-corrected chi connectivity index (χ0v) is 18.0. The van der Waals surface area contributed by atoms with Gasteiger partial charge in [0, 0.05) is 5.70 Å². The summed E-state index contributed by atoms with van der Waals surface area (Å²) in [6.45, 7) is 6.43. The van der Waals surface area contributed by atoms with Crippen LogP contribution in [0.3, 0.4) is 0 Å². The predicted molar refractivity (Wildman–Crippen MR) is 116 cm³/mol. The highest BCUT2D eigenvalue weighted by Crippen LogP contribution is 2.29. The minimum Gasteiger partial charge on any atom is -0.489 e. The van der Waals surface area contributed by atoms with Gasteiger partial charge >= 0.3 is 12.0 Å². The fourth-order valence-corrected chi connectivity index (χ4v) is 3.21. The summed E-state index contributed by atoms with van der Waals surface area (Å²) in [6.07, 6.45) is 0.0608. The molecule has 7 heteroatoms. The highest BCUT2D eigenvalue weighted by Gasteiger charge is 2.32. The van der Waals surface area contributed by atoms with E-state index >= 15 is 0 Å². The molecule has 2 aromatic rings. The van der Waals surface area contributed by atoms with E-state index in [0.29, 0.717) is 30.2 Å². The normalized spacial score (nSPS) is 16.0. The molecule has 2 aromatic carbocycles. The van der Waals surface area contributed by atoms with Crippen LogP contribution < -0.4 is 15.4 Å². The number of ether oxygens (including phenoxy) is 3. The highest BCUT2D eigenvalue weighted by atomic mass is 16.6. The van der Waals surface area contributed by atoms with Gasteiger partial charge in [-0.25, -0.2) is 9.59 Å². The summed E-state index contributed by atoms with van der Waals surface area (Å²) in [6, 6.07) is 16.2. The number of esters is 1. The zero-order valence-electron chi connectivity index (χ0n) is 18.0. The summed E-state index contributed by atoms with van der Waals surface area (Å²) in [5, 5.41) is 5.44. The molecule has 0 saturated heterocycles. The molecule has 3 rings (SSSR count). The first-order chi connectivity index (χ1) is 14.9. The second-order valence-corrected chi connectivity index (χ2v) is 7.47. The van der Waals surface area contributed by atoms with Gasteiger partial charge < -0.3 is 24.8 Å². The third kappa shape index (κ3) is 6.33. The van der Waals surface area contributed by atoms with Crippen molar-refractivity contribution in [2.45, 2.75) is 39.5 Å². The van der Waals surface area contributed by atoms with Crippen LogP contribution >= 0.6 is 0 Å². The van der Waals surface area contributed by atoms with Gasteiger partial charge in [-0.15, -0.1) is 0 Å². The molecule has 1 aliphatic rings. The number of hydrogen-bond donors (Lipinski definition) is 2. The molecular formula is C24H28N2O5. The van der Waals surface area contributed by atoms with Crippen molar-refractivity contribution in [3.63, 3.8) is 0 Å². The Hall–Kier alpha value is -3.32. The third-order valence-electron chi connectivity index (χ3n) is 4.72. The van der Waals surface area contributed by atoms with Gasteiger partial charge in [0.25, 0.3) is 0 Å². The summed E-state index contributed by atoms with van der Waals surface area (Å²) in [5.74, 6) is 0.204. The van der Waals surface area contributed by atoms with E-state index in [-0.39, 0.29) is 18.7 Å². The van der Waals surface area contributed by atoms with Crippen molar-refractivity contribution < 1.29 is 23.8 Å². The number of hydrogen-bond acceptors (Lipinski definition) is 5. The second-order valence-electron chi connectivity index (χ2n) is 7.47. The molecule has 0 spiro atoms. The number of allylic oxidation sites excluding steroid dienone is 1. The van der Waals surface area contributed by atoms with Crippen molar-refractivity contribution in [2.75, 3.05) is 13.2 Å². The van der Waals surface area contributed by atoms with Crippen molar-refractivity contribution in [1.29, 1.82) is 0 Å². The third-order valence-corrected chi connectivity index (χ3v) is 4.72. The molecule has 0 bridgehead atoms. The molecule has 1 aliphatic heterocycles. The maximum Gasteiger partial charge on any atom is 0.338 e. The molecule has 1 unspecified atom stereocenters. The minimum absolute atomic E-state index is 0.0608. The van der Waals surface area contributed by atoms with Crippen molar-refractivity contribution >= 4 is 12.0 Å². The van der Waals surface area contributed by atoms with Gasteiger partial charge in [0.05, 0.1) is 24.3 Å². The molecule has 2 N–H and O–H groups in total. The van der Waals surface area contributed by atoms with Crippen LogP contribution in [0.15, 0.2) is 65.9 Å². The van der Waals surface area contributed by atoms with Gasteiger partial charge in [0.15, 0.2) is 0 Å². The highest BCUT2D eigenvalue weighted by molar-refractivity contribution is 5.95. The van der Waals surface area contributed by atoms with Crippen LogP contribution in [0.25, 0.3) is 0 Å². The van der Waals surface area contributed by atoms with Gasteiger partial charge in [-0.3, -0.25) is 0 Å². The summed E-state index contributed by atoms with van der Waals surface area (Å²) in [7, 11) is 0. The quantitative estimate of drug-likeness (QED) is 0.472. The summed E-state index contributed by atoms with van der Waals surface area (Å²) in [4.78, 5) is 24.8. The van der Waals surface area contributed by atoms with E-state index in [1.54, 1.807) is 6.92 Å². The van der Waals surface area contributed by atoms with Gasteiger partial charge in [-0.2, -0.15) is 0 Å². The standard InChI is InChI=1S/C24H28N2O5/c1-16(2)29-13-14-30-23(27)21-17(3)25-24(28)26-22(21)19-9-11-20(12-10-19)31-15-18-7-5-4-6-8-18/h4-12,16,22H,13-15H2,1-3H3,(H2,25,26,28). The lowest BCUT2D eigenvalue weighted by Gasteiger charge is -2.28. The van der Waals surface area contributed by atoms with Gasteiger partial charge in [0.1, 0.15) is 19.0 Å². The fourth-order valence-electron chi connectivity index (χ4n) is 3.21. The number of carbonyl (C=O) groups is 2. The van der Waals surface area contributed by atoms with E-state index < -0.39 is 12.0 Å². The number of benzene rings is 2. The first-order valence-electron chi connectivity index (χ1n) is 10.3. The monoisotopic (exact) mass is 424 g/mol. The lowest BCUT2D eigenvalue weighted by molar-refractivity contribution is -0.141. The van der Waals surface area contributed by atoms with Gasteiger partial charge in [-0.1, -0.05) is 42.5 Å². The molecule has 0 aliphatic carbocycles. The smallest absolute Gasteiger partial charge is 0.338 e. The Morgan fingerprint density at radius 2 is 1.74 bits per heavy atom. The number of carbonyl (C=O) groups excluding carboxylic acids is 2. The van der Waals surface area contributed by atoms with E-state index in [1.165, 1.54) is 0 Å². The van der Waals surface area contributed by atoms with Gasteiger partial charge in [-0.05, 0) is 44.0 Å². The number of nitrogens with one attached hydrogen (secondary N) is 2. The average Bonchev–Trinajstić information content (AvgIpc) is 2.75. The lowest BCUT2D eigenvalue weighted by Crippen LogP contribution is -2.45. The van der Waals surface area contributed by atoms with E-state index in [0.717, 1.165) is 11.1 Å². The molecule has 7 nitrogen and oxygen atoms in total. The van der Waals surface area contributed by atoms with Gasteiger partial charge in [0.2, 0.25) is 0 Å². The van der Waals surface area contributed by atoms with Crippen LogP contribution in [0.4, 0.5) is 4.79 Å². The Morgan fingerprint density at radius 3 is 2.42 bits per heavy atom. The van der Waals surface area contributed by atoms with Crippen molar-refractivity contribution in [3.05, 3.63) is 77.0 Å². The maximum atomic E-state index is 12.7. The van der Waals surface area contributed by atoms with Crippen LogP contribution in [0.2, 0.25) is 0 Å². The molecule has 0 aromatic heterocycles. The molecule has 0 fully saturated rings. The summed E-state index contributed by atoms with van der Waals surface area (Å²) in [5.41, 5.74) is 2.66. The number of urea groups is 1. The first kappa shape index (κ1) is 22.4. The Balaban J connectivity index is 1.68. The minimum atomic E-state index is -0.615. The maximum absolute atomic E-state index is 12.7. The molecule has 31 heavy (non-hydrogen) atoms.